The third-order valence-corrected chi connectivity index (χ3v) is 7.22. The van der Waals surface area contributed by atoms with E-state index in [1.165, 1.54) is 12.8 Å². The van der Waals surface area contributed by atoms with Gasteiger partial charge in [0.15, 0.2) is 17.3 Å². The molecule has 1 heterocycles. The monoisotopic (exact) mass is 392 g/mol. The number of phenols is 3. The molecule has 3 aromatic rings. The molecule has 4 aliphatic carbocycles. The standard InChI is InChI=1S/C23H20O6/c24-14-8-16(26)15(25)7-13(14)23-22(28)21(27)11-3-1-9(6-17(11)29-23)5-10-2-4-12-19-18(10)20(12)19/h1,3,6-8,10,12,18-20,24-26,28H,2,4-5H2. The van der Waals surface area contributed by atoms with Gasteiger partial charge in [0.05, 0.1) is 10.9 Å². The molecule has 0 spiro atoms. The van der Waals surface area contributed by atoms with E-state index in [9.17, 15) is 25.2 Å². The summed E-state index contributed by atoms with van der Waals surface area (Å²) in [6.45, 7) is 0. The van der Waals surface area contributed by atoms with Gasteiger partial charge in [-0.15, -0.1) is 0 Å². The first-order chi connectivity index (χ1) is 13.9. The van der Waals surface area contributed by atoms with E-state index >= 15 is 0 Å². The van der Waals surface area contributed by atoms with Crippen LogP contribution in [0.15, 0.2) is 39.5 Å². The second kappa shape index (κ2) is 5.47. The summed E-state index contributed by atoms with van der Waals surface area (Å²) in [6, 6.07) is 7.41. The lowest BCUT2D eigenvalue weighted by atomic mass is 9.76. The molecule has 0 radical (unpaired) electrons. The first-order valence-electron chi connectivity index (χ1n) is 9.98. The normalized spacial score (nSPS) is 28.9. The Morgan fingerprint density at radius 1 is 0.897 bits per heavy atom. The first-order valence-corrected chi connectivity index (χ1v) is 9.98. The smallest absolute Gasteiger partial charge is 0.235 e. The Hall–Kier alpha value is -3.15. The average Bonchev–Trinajstić information content (AvgIpc) is 3.60. The fraction of sp³-hybridized carbons (Fsp3) is 0.348. The van der Waals surface area contributed by atoms with Crippen LogP contribution < -0.4 is 5.43 Å². The van der Waals surface area contributed by atoms with E-state index in [2.05, 4.69) is 0 Å². The molecule has 3 unspecified atom stereocenters. The van der Waals surface area contributed by atoms with Crippen LogP contribution >= 0.6 is 0 Å². The van der Waals surface area contributed by atoms with E-state index in [0.717, 1.165) is 47.8 Å². The lowest BCUT2D eigenvalue weighted by Gasteiger charge is -2.29. The maximum atomic E-state index is 12.6. The largest absolute Gasteiger partial charge is 0.507 e. The second-order valence-electron chi connectivity index (χ2n) is 8.73. The molecule has 29 heavy (non-hydrogen) atoms. The summed E-state index contributed by atoms with van der Waals surface area (Å²) in [4.78, 5) is 12.6. The second-order valence-corrected chi connectivity index (χ2v) is 8.73. The molecule has 0 saturated heterocycles. The van der Waals surface area contributed by atoms with E-state index in [0.29, 0.717) is 11.5 Å². The number of rotatable bonds is 3. The molecule has 6 nitrogen and oxygen atoms in total. The van der Waals surface area contributed by atoms with Crippen LogP contribution in [0.5, 0.6) is 23.0 Å². The molecule has 2 bridgehead atoms. The molecule has 7 rings (SSSR count). The van der Waals surface area contributed by atoms with Crippen LogP contribution in [0.4, 0.5) is 0 Å². The summed E-state index contributed by atoms with van der Waals surface area (Å²) in [5, 5.41) is 40.0. The summed E-state index contributed by atoms with van der Waals surface area (Å²) in [5.74, 6) is 2.21. The highest BCUT2D eigenvalue weighted by molar-refractivity contribution is 5.84. The molecule has 0 amide bonds. The number of aromatic hydroxyl groups is 4. The SMILES string of the molecule is O=c1c(O)c(-c2cc(O)c(O)cc2O)oc2cc(CC3CCC4C5C3C45)ccc12. The minimum absolute atomic E-state index is 0.0707. The fourth-order valence-electron chi connectivity index (χ4n) is 5.68. The highest BCUT2D eigenvalue weighted by atomic mass is 16.4. The summed E-state index contributed by atoms with van der Waals surface area (Å²) in [5.41, 5.74) is 0.731. The summed E-state index contributed by atoms with van der Waals surface area (Å²) in [7, 11) is 0. The Bertz CT molecular complexity index is 1230. The summed E-state index contributed by atoms with van der Waals surface area (Å²) < 4.78 is 5.80. The van der Waals surface area contributed by atoms with Gasteiger partial charge in [-0.25, -0.2) is 0 Å². The Morgan fingerprint density at radius 3 is 2.41 bits per heavy atom. The van der Waals surface area contributed by atoms with Crippen molar-refractivity contribution in [2.45, 2.75) is 19.3 Å². The first kappa shape index (κ1) is 16.8. The number of benzene rings is 2. The molecule has 4 aliphatic rings. The van der Waals surface area contributed by atoms with Gasteiger partial charge in [-0.1, -0.05) is 6.07 Å². The summed E-state index contributed by atoms with van der Waals surface area (Å²) >= 11 is 0. The van der Waals surface area contributed by atoms with Gasteiger partial charge >= 0.3 is 0 Å². The average molecular weight is 392 g/mol. The highest BCUT2D eigenvalue weighted by Gasteiger charge is 2.76. The van der Waals surface area contributed by atoms with Gasteiger partial charge in [0, 0.05) is 6.07 Å². The van der Waals surface area contributed by atoms with Crippen LogP contribution in [0, 0.1) is 29.6 Å². The molecule has 4 saturated carbocycles. The van der Waals surface area contributed by atoms with Crippen LogP contribution in [0.1, 0.15) is 18.4 Å². The van der Waals surface area contributed by atoms with Crippen molar-refractivity contribution in [3.63, 3.8) is 0 Å². The fourth-order valence-corrected chi connectivity index (χ4v) is 5.68. The zero-order chi connectivity index (χ0) is 20.0. The molecule has 4 fully saturated rings. The maximum Gasteiger partial charge on any atom is 0.235 e. The molecule has 4 N–H and O–H groups in total. The van der Waals surface area contributed by atoms with Crippen LogP contribution in [-0.2, 0) is 6.42 Å². The van der Waals surface area contributed by atoms with Crippen molar-refractivity contribution in [2.75, 3.05) is 0 Å². The Morgan fingerprint density at radius 2 is 1.66 bits per heavy atom. The molecule has 6 heteroatoms. The van der Waals surface area contributed by atoms with Crippen molar-refractivity contribution < 1.29 is 24.8 Å². The lowest BCUT2D eigenvalue weighted by molar-refractivity contribution is 0.228. The highest BCUT2D eigenvalue weighted by Crippen LogP contribution is 2.80. The quantitative estimate of drug-likeness (QED) is 0.399. The van der Waals surface area contributed by atoms with Gasteiger partial charge in [-0.05, 0) is 72.6 Å². The Kier molecular flexibility index (Phi) is 3.16. The Labute approximate surface area is 165 Å². The van der Waals surface area contributed by atoms with Crippen LogP contribution in [-0.4, -0.2) is 20.4 Å². The van der Waals surface area contributed by atoms with E-state index in [1.54, 1.807) is 6.07 Å². The zero-order valence-corrected chi connectivity index (χ0v) is 15.5. The van der Waals surface area contributed by atoms with Crippen molar-refractivity contribution in [1.82, 2.24) is 0 Å². The van der Waals surface area contributed by atoms with Gasteiger partial charge in [-0.3, -0.25) is 4.79 Å². The molecular formula is C23H20O6. The van der Waals surface area contributed by atoms with Crippen LogP contribution in [0.3, 0.4) is 0 Å². The van der Waals surface area contributed by atoms with E-state index in [1.807, 2.05) is 12.1 Å². The van der Waals surface area contributed by atoms with E-state index in [-0.39, 0.29) is 16.7 Å². The number of phenolic OH excluding ortho intramolecular Hbond substituents is 3. The molecule has 1 aromatic heterocycles. The zero-order valence-electron chi connectivity index (χ0n) is 15.5. The van der Waals surface area contributed by atoms with Gasteiger partial charge in [-0.2, -0.15) is 0 Å². The minimum Gasteiger partial charge on any atom is -0.507 e. The minimum atomic E-state index is -0.651. The molecule has 2 aromatic carbocycles. The maximum absolute atomic E-state index is 12.6. The summed E-state index contributed by atoms with van der Waals surface area (Å²) in [6.07, 6.45) is 3.54. The van der Waals surface area contributed by atoms with Gasteiger partial charge < -0.3 is 24.8 Å². The number of fused-ring (bicyclic) bond motifs is 3. The predicted molar refractivity (Wildman–Crippen MR) is 105 cm³/mol. The lowest BCUT2D eigenvalue weighted by Crippen LogP contribution is -2.22. The van der Waals surface area contributed by atoms with Crippen molar-refractivity contribution in [3.05, 3.63) is 46.1 Å². The number of hydrogen-bond donors (Lipinski definition) is 4. The molecular weight excluding hydrogens is 372 g/mol. The van der Waals surface area contributed by atoms with Crippen molar-refractivity contribution in [1.29, 1.82) is 0 Å². The van der Waals surface area contributed by atoms with Crippen LogP contribution in [0.25, 0.3) is 22.3 Å². The Balaban J connectivity index is 1.42. The van der Waals surface area contributed by atoms with Crippen molar-refractivity contribution in [2.24, 2.45) is 29.6 Å². The van der Waals surface area contributed by atoms with Gasteiger partial charge in [0.2, 0.25) is 11.2 Å². The third kappa shape index (κ3) is 2.32. The topological polar surface area (TPSA) is 111 Å². The molecule has 148 valence electrons. The van der Waals surface area contributed by atoms with Crippen LogP contribution in [0.2, 0.25) is 0 Å². The van der Waals surface area contributed by atoms with E-state index in [4.69, 9.17) is 4.42 Å². The third-order valence-electron chi connectivity index (χ3n) is 7.22. The molecule has 0 aliphatic heterocycles. The van der Waals surface area contributed by atoms with Crippen molar-refractivity contribution in [3.8, 4) is 34.3 Å². The molecule has 3 atom stereocenters. The van der Waals surface area contributed by atoms with Gasteiger partial charge in [0.25, 0.3) is 0 Å². The van der Waals surface area contributed by atoms with E-state index < -0.39 is 28.4 Å². The number of hydrogen-bond acceptors (Lipinski definition) is 6. The van der Waals surface area contributed by atoms with Gasteiger partial charge in [0.1, 0.15) is 11.3 Å². The predicted octanol–water partition coefficient (Wildman–Crippen LogP) is 3.73. The van der Waals surface area contributed by atoms with Crippen molar-refractivity contribution >= 4 is 11.0 Å².